The minimum absolute atomic E-state index is 0.0125. The van der Waals surface area contributed by atoms with Gasteiger partial charge in [0.15, 0.2) is 6.61 Å². The summed E-state index contributed by atoms with van der Waals surface area (Å²) in [5.41, 5.74) is 1.10. The molecule has 0 saturated heterocycles. The molecule has 0 radical (unpaired) electrons. The second-order valence-electron chi connectivity index (χ2n) is 6.45. The largest absolute Gasteiger partial charge is 0.482 e. The summed E-state index contributed by atoms with van der Waals surface area (Å²) >= 11 is 0. The number of carbonyl (C=O) groups excluding carboxylic acids is 2. The fourth-order valence-electron chi connectivity index (χ4n) is 3.37. The predicted octanol–water partition coefficient (Wildman–Crippen LogP) is 3.22. The molecule has 1 aliphatic carbocycles. The smallest absolute Gasteiger partial charge is 0.262 e. The van der Waals surface area contributed by atoms with Crippen LogP contribution in [-0.2, 0) is 15.0 Å². The van der Waals surface area contributed by atoms with E-state index in [1.165, 1.54) is 12.1 Å². The lowest BCUT2D eigenvalue weighted by Gasteiger charge is -2.40. The van der Waals surface area contributed by atoms with E-state index in [2.05, 4.69) is 10.6 Å². The van der Waals surface area contributed by atoms with Crippen LogP contribution in [0.25, 0.3) is 0 Å². The lowest BCUT2D eigenvalue weighted by molar-refractivity contribution is -0.124. The van der Waals surface area contributed by atoms with Gasteiger partial charge in [-0.15, -0.1) is 0 Å². The van der Waals surface area contributed by atoms with Gasteiger partial charge in [-0.05, 0) is 48.7 Å². The Labute approximate surface area is 144 Å². The van der Waals surface area contributed by atoms with Crippen molar-refractivity contribution in [1.29, 1.82) is 0 Å². The van der Waals surface area contributed by atoms with Crippen LogP contribution in [-0.4, -0.2) is 18.4 Å². The van der Waals surface area contributed by atoms with E-state index in [1.807, 2.05) is 0 Å². The first-order valence-electron chi connectivity index (χ1n) is 8.21. The van der Waals surface area contributed by atoms with Crippen LogP contribution in [0.15, 0.2) is 42.5 Å². The average Bonchev–Trinajstić information content (AvgIpc) is 2.53. The zero-order valence-corrected chi connectivity index (χ0v) is 13.5. The molecular weight excluding hydrogens is 323 g/mol. The second-order valence-corrected chi connectivity index (χ2v) is 6.45. The molecule has 128 valence electrons. The number of ether oxygens (including phenoxy) is 1. The summed E-state index contributed by atoms with van der Waals surface area (Å²) in [6.07, 6.45) is 2.30. The van der Waals surface area contributed by atoms with Crippen molar-refractivity contribution in [3.8, 4) is 5.75 Å². The molecule has 5 nitrogen and oxygen atoms in total. The summed E-state index contributed by atoms with van der Waals surface area (Å²) in [7, 11) is 0. The van der Waals surface area contributed by atoms with Gasteiger partial charge in [0, 0.05) is 5.69 Å². The topological polar surface area (TPSA) is 67.4 Å². The molecule has 25 heavy (non-hydrogen) atoms. The highest BCUT2D eigenvalue weighted by Crippen LogP contribution is 2.45. The molecule has 0 unspecified atom stereocenters. The van der Waals surface area contributed by atoms with Crippen molar-refractivity contribution < 1.29 is 18.7 Å². The third kappa shape index (κ3) is 2.73. The molecular formula is C19H17FN2O3. The van der Waals surface area contributed by atoms with Crippen LogP contribution < -0.4 is 15.4 Å². The minimum atomic E-state index is -0.697. The van der Waals surface area contributed by atoms with Crippen molar-refractivity contribution in [2.75, 3.05) is 17.2 Å². The molecule has 6 heteroatoms. The Balaban J connectivity index is 1.59. The first-order chi connectivity index (χ1) is 12.1. The number of halogens is 1. The maximum Gasteiger partial charge on any atom is 0.262 e. The zero-order chi connectivity index (χ0) is 17.4. The number of hydrogen-bond donors (Lipinski definition) is 2. The molecule has 1 fully saturated rings. The summed E-state index contributed by atoms with van der Waals surface area (Å²) < 4.78 is 18.9. The monoisotopic (exact) mass is 340 g/mol. The van der Waals surface area contributed by atoms with Gasteiger partial charge in [0.1, 0.15) is 11.6 Å². The van der Waals surface area contributed by atoms with Crippen LogP contribution in [0.3, 0.4) is 0 Å². The number of amides is 2. The third-order valence-corrected chi connectivity index (χ3v) is 4.89. The lowest BCUT2D eigenvalue weighted by Crippen LogP contribution is -2.46. The van der Waals surface area contributed by atoms with E-state index in [0.29, 0.717) is 35.5 Å². The Bertz CT molecular complexity index is 861. The minimum Gasteiger partial charge on any atom is -0.482 e. The normalized spacial score (nSPS) is 17.6. The number of hydrogen-bond acceptors (Lipinski definition) is 3. The van der Waals surface area contributed by atoms with Crippen molar-refractivity contribution in [2.24, 2.45) is 0 Å². The van der Waals surface area contributed by atoms with E-state index >= 15 is 0 Å². The molecule has 4 rings (SSSR count). The lowest BCUT2D eigenvalue weighted by atomic mass is 9.63. The van der Waals surface area contributed by atoms with E-state index in [4.69, 9.17) is 4.74 Å². The second kappa shape index (κ2) is 5.88. The molecule has 2 aromatic carbocycles. The highest BCUT2D eigenvalue weighted by molar-refractivity contribution is 6.01. The average molecular weight is 340 g/mol. The van der Waals surface area contributed by atoms with E-state index in [0.717, 1.165) is 6.42 Å². The molecule has 1 heterocycles. The van der Waals surface area contributed by atoms with Crippen molar-refractivity contribution in [2.45, 2.75) is 24.7 Å². The summed E-state index contributed by atoms with van der Waals surface area (Å²) in [4.78, 5) is 24.3. The van der Waals surface area contributed by atoms with Crippen LogP contribution in [0.4, 0.5) is 15.8 Å². The van der Waals surface area contributed by atoms with Crippen molar-refractivity contribution >= 4 is 23.2 Å². The highest BCUT2D eigenvalue weighted by Gasteiger charge is 2.45. The maximum absolute atomic E-state index is 13.6. The van der Waals surface area contributed by atoms with Gasteiger partial charge in [-0.2, -0.15) is 0 Å². The van der Waals surface area contributed by atoms with Crippen LogP contribution in [0.1, 0.15) is 24.8 Å². The van der Waals surface area contributed by atoms with Gasteiger partial charge in [0.05, 0.1) is 11.1 Å². The maximum atomic E-state index is 13.6. The summed E-state index contributed by atoms with van der Waals surface area (Å²) in [6.45, 7) is -0.0125. The van der Waals surface area contributed by atoms with Crippen molar-refractivity contribution in [3.05, 3.63) is 53.8 Å². The molecule has 2 N–H and O–H groups in total. The van der Waals surface area contributed by atoms with Crippen LogP contribution in [0.5, 0.6) is 5.75 Å². The van der Waals surface area contributed by atoms with Crippen molar-refractivity contribution in [1.82, 2.24) is 0 Å². The Morgan fingerprint density at radius 1 is 1.20 bits per heavy atom. The zero-order valence-electron chi connectivity index (χ0n) is 13.5. The van der Waals surface area contributed by atoms with Gasteiger partial charge in [-0.3, -0.25) is 9.59 Å². The van der Waals surface area contributed by atoms with Gasteiger partial charge >= 0.3 is 0 Å². The number of nitrogens with one attached hydrogen (secondary N) is 2. The standard InChI is InChI=1S/C19H17FN2O3/c20-13-4-1-3-12(9-13)19(7-2-8-19)18(24)21-14-5-6-16-15(10-14)22-17(23)11-25-16/h1,3-6,9-10H,2,7-8,11H2,(H,21,24)(H,22,23). The quantitative estimate of drug-likeness (QED) is 0.901. The highest BCUT2D eigenvalue weighted by atomic mass is 19.1. The van der Waals surface area contributed by atoms with Gasteiger partial charge < -0.3 is 15.4 Å². The van der Waals surface area contributed by atoms with Crippen LogP contribution >= 0.6 is 0 Å². The Kier molecular flexibility index (Phi) is 3.67. The van der Waals surface area contributed by atoms with Crippen LogP contribution in [0.2, 0.25) is 0 Å². The summed E-state index contributed by atoms with van der Waals surface area (Å²) in [5.74, 6) is -0.162. The van der Waals surface area contributed by atoms with Crippen LogP contribution in [0, 0.1) is 5.82 Å². The number of fused-ring (bicyclic) bond motifs is 1. The van der Waals surface area contributed by atoms with E-state index in [9.17, 15) is 14.0 Å². The number of benzene rings is 2. The first-order valence-corrected chi connectivity index (χ1v) is 8.21. The van der Waals surface area contributed by atoms with E-state index in [-0.39, 0.29) is 24.2 Å². The Morgan fingerprint density at radius 3 is 2.76 bits per heavy atom. The van der Waals surface area contributed by atoms with Gasteiger partial charge in [0.2, 0.25) is 5.91 Å². The number of carbonyl (C=O) groups is 2. The SMILES string of the molecule is O=C1COc2ccc(NC(=O)C3(c4cccc(F)c4)CCC3)cc2N1. The number of anilines is 2. The Morgan fingerprint density at radius 2 is 2.04 bits per heavy atom. The molecule has 0 atom stereocenters. The fourth-order valence-corrected chi connectivity index (χ4v) is 3.37. The summed E-state index contributed by atoms with van der Waals surface area (Å²) in [6, 6.07) is 11.3. The Hall–Kier alpha value is -2.89. The summed E-state index contributed by atoms with van der Waals surface area (Å²) in [5, 5.41) is 5.61. The van der Waals surface area contributed by atoms with E-state index < -0.39 is 5.41 Å². The molecule has 0 spiro atoms. The first kappa shape index (κ1) is 15.6. The molecule has 1 aliphatic heterocycles. The fraction of sp³-hybridized carbons (Fsp3) is 0.263. The molecule has 1 saturated carbocycles. The van der Waals surface area contributed by atoms with Gasteiger partial charge in [-0.1, -0.05) is 18.6 Å². The molecule has 2 aromatic rings. The number of rotatable bonds is 3. The van der Waals surface area contributed by atoms with Gasteiger partial charge in [-0.25, -0.2) is 4.39 Å². The third-order valence-electron chi connectivity index (χ3n) is 4.89. The molecule has 2 aliphatic rings. The molecule has 0 aromatic heterocycles. The predicted molar refractivity (Wildman–Crippen MR) is 91.1 cm³/mol. The molecule has 0 bridgehead atoms. The van der Waals surface area contributed by atoms with Crippen molar-refractivity contribution in [3.63, 3.8) is 0 Å². The molecule has 2 amide bonds. The van der Waals surface area contributed by atoms with E-state index in [1.54, 1.807) is 30.3 Å². The van der Waals surface area contributed by atoms with Gasteiger partial charge in [0.25, 0.3) is 5.91 Å².